The lowest BCUT2D eigenvalue weighted by molar-refractivity contribution is -0.117. The first kappa shape index (κ1) is 18.7. The van der Waals surface area contributed by atoms with Crippen molar-refractivity contribution in [1.82, 2.24) is 15.6 Å². The highest BCUT2D eigenvalue weighted by Crippen LogP contribution is 2.29. The number of amides is 1. The average Bonchev–Trinajstić information content (AvgIpc) is 2.57. The van der Waals surface area contributed by atoms with Gasteiger partial charge in [0.1, 0.15) is 6.17 Å². The number of benzene rings is 1. The number of nitrogens with zero attached hydrogens (tertiary/aromatic N) is 1. The fourth-order valence-electron chi connectivity index (χ4n) is 1.90. The smallest absolute Gasteiger partial charge is 0.245 e. The summed E-state index contributed by atoms with van der Waals surface area (Å²) in [4.78, 5) is 16.1. The van der Waals surface area contributed by atoms with Gasteiger partial charge in [-0.15, -0.1) is 0 Å². The highest BCUT2D eigenvalue weighted by atomic mass is 35.6. The predicted molar refractivity (Wildman–Crippen MR) is 98.8 cm³/mol. The Morgan fingerprint density at radius 3 is 2.54 bits per heavy atom. The Balaban J connectivity index is 1.95. The van der Waals surface area contributed by atoms with Gasteiger partial charge in [-0.25, -0.2) is 0 Å². The second-order valence-corrected chi connectivity index (χ2v) is 7.34. The summed E-state index contributed by atoms with van der Waals surface area (Å²) in [6.07, 6.45) is 5.60. The maximum atomic E-state index is 12.1. The number of carbonyl (C=O) groups excluding carboxylic acids is 1. The monoisotopic (exact) mass is 383 g/mol. The van der Waals surface area contributed by atoms with Crippen molar-refractivity contribution in [2.75, 3.05) is 0 Å². The summed E-state index contributed by atoms with van der Waals surface area (Å²) in [5.74, 6) is -0.367. The van der Waals surface area contributed by atoms with Gasteiger partial charge < -0.3 is 5.32 Å². The minimum atomic E-state index is -1.70. The number of pyridine rings is 1. The molecule has 0 bridgehead atoms. The Labute approximate surface area is 155 Å². The van der Waals surface area contributed by atoms with Gasteiger partial charge in [0.05, 0.1) is 0 Å². The fraction of sp³-hybridized carbons (Fsp3) is 0.176. The van der Waals surface area contributed by atoms with Crippen molar-refractivity contribution in [3.05, 3.63) is 72.1 Å². The quantitative estimate of drug-likeness (QED) is 0.454. The number of hydrogen-bond acceptors (Lipinski definition) is 3. The molecule has 0 aliphatic carbocycles. The molecule has 1 amide bonds. The summed E-state index contributed by atoms with van der Waals surface area (Å²) in [6, 6.07) is 13.1. The van der Waals surface area contributed by atoms with Crippen LogP contribution in [0.3, 0.4) is 0 Å². The summed E-state index contributed by atoms with van der Waals surface area (Å²) in [5.41, 5.74) is 1.81. The van der Waals surface area contributed by atoms with Crippen molar-refractivity contribution in [3.63, 3.8) is 0 Å². The minimum Gasteiger partial charge on any atom is -0.333 e. The van der Waals surface area contributed by atoms with Crippen LogP contribution < -0.4 is 10.6 Å². The van der Waals surface area contributed by atoms with Crippen molar-refractivity contribution < 1.29 is 4.79 Å². The van der Waals surface area contributed by atoms with E-state index < -0.39 is 9.96 Å². The Kier molecular flexibility index (Phi) is 7.06. The molecule has 1 heterocycles. The van der Waals surface area contributed by atoms with E-state index in [0.29, 0.717) is 6.54 Å². The Bertz CT molecular complexity index is 672. The SMILES string of the molecule is O=C(/C=C/c1ccccc1)NC(NCc1cccnc1)C(Cl)(Cl)Cl. The molecule has 1 atom stereocenters. The molecule has 126 valence electrons. The van der Waals surface area contributed by atoms with Crippen molar-refractivity contribution >= 4 is 46.8 Å². The molecule has 0 aliphatic rings. The average molecular weight is 385 g/mol. The predicted octanol–water partition coefficient (Wildman–Crippen LogP) is 3.70. The number of halogens is 3. The summed E-state index contributed by atoms with van der Waals surface area (Å²) in [6.45, 7) is 0.398. The van der Waals surface area contributed by atoms with Gasteiger partial charge in [-0.3, -0.25) is 15.1 Å². The van der Waals surface area contributed by atoms with E-state index in [1.165, 1.54) is 6.08 Å². The summed E-state index contributed by atoms with van der Waals surface area (Å²) >= 11 is 17.8. The van der Waals surface area contributed by atoms with Crippen molar-refractivity contribution in [1.29, 1.82) is 0 Å². The number of hydrogen-bond donors (Lipinski definition) is 2. The van der Waals surface area contributed by atoms with Crippen molar-refractivity contribution in [3.8, 4) is 0 Å². The number of aromatic nitrogens is 1. The summed E-state index contributed by atoms with van der Waals surface area (Å²) < 4.78 is -1.70. The molecular formula is C17H16Cl3N3O. The third-order valence-corrected chi connectivity index (χ3v) is 3.73. The van der Waals surface area contributed by atoms with Gasteiger partial charge in [-0.1, -0.05) is 71.2 Å². The summed E-state index contributed by atoms with van der Waals surface area (Å²) in [7, 11) is 0. The Morgan fingerprint density at radius 1 is 1.17 bits per heavy atom. The standard InChI is InChI=1S/C17H16Cl3N3O/c18-17(19,20)16(22-12-14-7-4-10-21-11-14)23-15(24)9-8-13-5-2-1-3-6-13/h1-11,16,22H,12H2,(H,23,24)/b9-8+. The van der Waals surface area contributed by atoms with Gasteiger partial charge in [-0.05, 0) is 23.3 Å². The second-order valence-electron chi connectivity index (χ2n) is 4.97. The van der Waals surface area contributed by atoms with E-state index in [2.05, 4.69) is 15.6 Å². The lowest BCUT2D eigenvalue weighted by atomic mass is 10.2. The normalized spacial score (nSPS) is 13.0. The first-order valence-electron chi connectivity index (χ1n) is 7.18. The lowest BCUT2D eigenvalue weighted by Crippen LogP contribution is -2.52. The van der Waals surface area contributed by atoms with Gasteiger partial charge >= 0.3 is 0 Å². The van der Waals surface area contributed by atoms with E-state index in [1.807, 2.05) is 42.5 Å². The maximum absolute atomic E-state index is 12.1. The van der Waals surface area contributed by atoms with Crippen LogP contribution in [0, 0.1) is 0 Å². The number of nitrogens with one attached hydrogen (secondary N) is 2. The maximum Gasteiger partial charge on any atom is 0.245 e. The van der Waals surface area contributed by atoms with Crippen LogP contribution in [0.1, 0.15) is 11.1 Å². The first-order chi connectivity index (χ1) is 11.4. The van der Waals surface area contributed by atoms with Crippen LogP contribution >= 0.6 is 34.8 Å². The van der Waals surface area contributed by atoms with Gasteiger partial charge in [0, 0.05) is 25.0 Å². The van der Waals surface area contributed by atoms with Crippen LogP contribution in [0.2, 0.25) is 0 Å². The van der Waals surface area contributed by atoms with E-state index in [-0.39, 0.29) is 5.91 Å². The zero-order valence-electron chi connectivity index (χ0n) is 12.6. The number of carbonyl (C=O) groups is 1. The zero-order chi connectivity index (χ0) is 17.4. The van der Waals surface area contributed by atoms with Crippen molar-refractivity contribution in [2.45, 2.75) is 16.5 Å². The molecular weight excluding hydrogens is 369 g/mol. The van der Waals surface area contributed by atoms with Gasteiger partial charge in [-0.2, -0.15) is 0 Å². The largest absolute Gasteiger partial charge is 0.333 e. The van der Waals surface area contributed by atoms with Crippen LogP contribution in [-0.4, -0.2) is 20.8 Å². The molecule has 1 aromatic carbocycles. The van der Waals surface area contributed by atoms with Gasteiger partial charge in [0.15, 0.2) is 0 Å². The van der Waals surface area contributed by atoms with E-state index >= 15 is 0 Å². The minimum absolute atomic E-state index is 0.367. The van der Waals surface area contributed by atoms with Crippen LogP contribution in [0.15, 0.2) is 60.9 Å². The second kappa shape index (κ2) is 9.04. The molecule has 0 fully saturated rings. The molecule has 24 heavy (non-hydrogen) atoms. The molecule has 1 unspecified atom stereocenters. The van der Waals surface area contributed by atoms with E-state index in [9.17, 15) is 4.79 Å². The first-order valence-corrected chi connectivity index (χ1v) is 8.31. The number of alkyl halides is 3. The lowest BCUT2D eigenvalue weighted by Gasteiger charge is -2.26. The third-order valence-electron chi connectivity index (χ3n) is 3.07. The van der Waals surface area contributed by atoms with E-state index in [1.54, 1.807) is 18.5 Å². The Morgan fingerprint density at radius 2 is 1.92 bits per heavy atom. The van der Waals surface area contributed by atoms with Crippen molar-refractivity contribution in [2.24, 2.45) is 0 Å². The molecule has 1 aromatic heterocycles. The molecule has 2 aromatic rings. The van der Waals surface area contributed by atoms with Crippen LogP contribution in [0.5, 0.6) is 0 Å². The molecule has 0 spiro atoms. The van der Waals surface area contributed by atoms with E-state index in [0.717, 1.165) is 11.1 Å². The third kappa shape index (κ3) is 6.49. The van der Waals surface area contributed by atoms with Gasteiger partial charge in [0.2, 0.25) is 9.70 Å². The van der Waals surface area contributed by atoms with Crippen LogP contribution in [0.4, 0.5) is 0 Å². The molecule has 7 heteroatoms. The summed E-state index contributed by atoms with van der Waals surface area (Å²) in [5, 5.41) is 5.65. The molecule has 2 N–H and O–H groups in total. The molecule has 2 rings (SSSR count). The van der Waals surface area contributed by atoms with Crippen LogP contribution in [0.25, 0.3) is 6.08 Å². The van der Waals surface area contributed by atoms with E-state index in [4.69, 9.17) is 34.8 Å². The topological polar surface area (TPSA) is 54.0 Å². The molecule has 0 radical (unpaired) electrons. The number of rotatable bonds is 6. The Hall–Kier alpha value is -1.59. The highest BCUT2D eigenvalue weighted by molar-refractivity contribution is 6.68. The molecule has 0 saturated heterocycles. The molecule has 0 aliphatic heterocycles. The van der Waals surface area contributed by atoms with Crippen LogP contribution in [-0.2, 0) is 11.3 Å². The van der Waals surface area contributed by atoms with Gasteiger partial charge in [0.25, 0.3) is 0 Å². The fourth-order valence-corrected chi connectivity index (χ4v) is 2.29. The molecule has 4 nitrogen and oxygen atoms in total. The zero-order valence-corrected chi connectivity index (χ0v) is 14.9. The highest BCUT2D eigenvalue weighted by Gasteiger charge is 2.33. The molecule has 0 saturated carbocycles.